The Morgan fingerprint density at radius 2 is 1.94 bits per heavy atom. The fourth-order valence-corrected chi connectivity index (χ4v) is 4.41. The fourth-order valence-electron chi connectivity index (χ4n) is 4.41. The minimum atomic E-state index is 0.273. The van der Waals surface area contributed by atoms with E-state index in [4.69, 9.17) is 9.26 Å². The summed E-state index contributed by atoms with van der Waals surface area (Å²) < 4.78 is 12.1. The Hall–Kier alpha value is -3.10. The summed E-state index contributed by atoms with van der Waals surface area (Å²) in [6, 6.07) is 14.1. The van der Waals surface area contributed by atoms with Crippen molar-refractivity contribution in [3.8, 4) is 17.1 Å². The monoisotopic (exact) mass is 418 g/mol. The minimum Gasteiger partial charge on any atom is -0.490 e. The van der Waals surface area contributed by atoms with Crippen molar-refractivity contribution >= 4 is 16.7 Å². The summed E-state index contributed by atoms with van der Waals surface area (Å²) in [7, 11) is 0. The predicted molar refractivity (Wildman–Crippen MR) is 118 cm³/mol. The molecule has 0 atom stereocenters. The highest BCUT2D eigenvalue weighted by molar-refractivity contribution is 6.03. The molecule has 0 radical (unpaired) electrons. The van der Waals surface area contributed by atoms with Crippen LogP contribution in [0.25, 0.3) is 22.2 Å². The zero-order chi connectivity index (χ0) is 20.6. The van der Waals surface area contributed by atoms with E-state index in [9.17, 15) is 0 Å². The molecule has 2 fully saturated rings. The number of hydrazine groups is 2. The molecule has 3 aliphatic rings. The summed E-state index contributed by atoms with van der Waals surface area (Å²) in [6.45, 7) is 3.55. The Balaban J connectivity index is 1.19. The Bertz CT molecular complexity index is 1110. The smallest absolute Gasteiger partial charge is 0.174 e. The topological polar surface area (TPSA) is 87.0 Å². The Morgan fingerprint density at radius 1 is 1.03 bits per heavy atom. The molecule has 0 unspecified atom stereocenters. The van der Waals surface area contributed by atoms with E-state index < -0.39 is 0 Å². The van der Waals surface area contributed by atoms with Gasteiger partial charge in [0.25, 0.3) is 0 Å². The maximum Gasteiger partial charge on any atom is 0.174 e. The molecular formula is C23H26N6O2. The van der Waals surface area contributed by atoms with Gasteiger partial charge in [0.15, 0.2) is 11.6 Å². The molecule has 2 aliphatic heterocycles. The van der Waals surface area contributed by atoms with Crippen molar-refractivity contribution in [2.24, 2.45) is 11.0 Å². The van der Waals surface area contributed by atoms with Crippen molar-refractivity contribution in [1.82, 2.24) is 26.6 Å². The van der Waals surface area contributed by atoms with Crippen LogP contribution in [0.15, 0.2) is 52.1 Å². The van der Waals surface area contributed by atoms with E-state index in [1.165, 1.54) is 19.4 Å². The summed E-state index contributed by atoms with van der Waals surface area (Å²) >= 11 is 0. The molecule has 3 N–H and O–H groups in total. The average molecular weight is 419 g/mol. The lowest BCUT2D eigenvalue weighted by Gasteiger charge is -2.32. The van der Waals surface area contributed by atoms with Gasteiger partial charge in [0.1, 0.15) is 17.4 Å². The van der Waals surface area contributed by atoms with Crippen LogP contribution in [0.3, 0.4) is 0 Å². The van der Waals surface area contributed by atoms with E-state index in [1.54, 1.807) is 0 Å². The average Bonchev–Trinajstić information content (AvgIpc) is 3.27. The number of fused-ring (bicyclic) bond motifs is 1. The number of aromatic nitrogens is 1. The Labute approximate surface area is 180 Å². The number of rotatable bonds is 6. The number of hydrogen-bond donors (Lipinski definition) is 3. The molecular weight excluding hydrogens is 392 g/mol. The first-order valence-electron chi connectivity index (χ1n) is 11.0. The van der Waals surface area contributed by atoms with E-state index in [-0.39, 0.29) is 6.10 Å². The molecule has 0 amide bonds. The molecule has 1 saturated heterocycles. The van der Waals surface area contributed by atoms with Crippen LogP contribution in [0, 0.1) is 5.92 Å². The summed E-state index contributed by atoms with van der Waals surface area (Å²) in [5.41, 5.74) is 11.1. The number of benzene rings is 2. The van der Waals surface area contributed by atoms with Gasteiger partial charge in [0, 0.05) is 30.8 Å². The molecule has 3 aromatic rings. The van der Waals surface area contributed by atoms with Crippen LogP contribution in [-0.4, -0.2) is 41.6 Å². The van der Waals surface area contributed by atoms with E-state index in [0.717, 1.165) is 71.2 Å². The normalized spacial score (nSPS) is 19.8. The molecule has 31 heavy (non-hydrogen) atoms. The zero-order valence-corrected chi connectivity index (χ0v) is 17.3. The van der Waals surface area contributed by atoms with Crippen LogP contribution in [-0.2, 0) is 0 Å². The van der Waals surface area contributed by atoms with Crippen molar-refractivity contribution in [1.29, 1.82) is 0 Å². The third-order valence-electron chi connectivity index (χ3n) is 6.30. The van der Waals surface area contributed by atoms with Crippen molar-refractivity contribution in [3.05, 3.63) is 48.0 Å². The summed E-state index contributed by atoms with van der Waals surface area (Å²) in [5.74, 6) is 3.30. The molecule has 1 aromatic heterocycles. The van der Waals surface area contributed by atoms with Crippen molar-refractivity contribution in [3.63, 3.8) is 0 Å². The number of hydrogen-bond acceptors (Lipinski definition) is 8. The lowest BCUT2D eigenvalue weighted by Crippen LogP contribution is -2.39. The van der Waals surface area contributed by atoms with Crippen LogP contribution >= 0.6 is 0 Å². The van der Waals surface area contributed by atoms with E-state index >= 15 is 0 Å². The molecule has 0 bridgehead atoms. The number of likely N-dealkylation sites (tertiary alicyclic amines) is 1. The highest BCUT2D eigenvalue weighted by atomic mass is 16.5. The number of ether oxygens (including phenoxy) is 1. The van der Waals surface area contributed by atoms with Gasteiger partial charge in [-0.25, -0.2) is 5.53 Å². The van der Waals surface area contributed by atoms with Gasteiger partial charge in [-0.3, -0.25) is 5.43 Å². The highest BCUT2D eigenvalue weighted by Gasteiger charge is 2.27. The largest absolute Gasteiger partial charge is 0.490 e. The molecule has 8 heteroatoms. The molecule has 160 valence electrons. The third kappa shape index (κ3) is 3.96. The van der Waals surface area contributed by atoms with Crippen LogP contribution in [0.5, 0.6) is 5.75 Å². The number of piperidine rings is 1. The zero-order valence-electron chi connectivity index (χ0n) is 17.3. The van der Waals surface area contributed by atoms with Gasteiger partial charge >= 0.3 is 0 Å². The van der Waals surface area contributed by atoms with E-state index in [2.05, 4.69) is 37.7 Å². The number of amidine groups is 1. The predicted octanol–water partition coefficient (Wildman–Crippen LogP) is 3.02. The van der Waals surface area contributed by atoms with Gasteiger partial charge in [0.2, 0.25) is 0 Å². The molecule has 1 saturated carbocycles. The quantitative estimate of drug-likeness (QED) is 0.567. The second kappa shape index (κ2) is 7.86. The number of nitrogens with one attached hydrogen (secondary N) is 3. The highest BCUT2D eigenvalue weighted by Crippen LogP contribution is 2.33. The summed E-state index contributed by atoms with van der Waals surface area (Å²) in [5, 5.41) is 9.35. The lowest BCUT2D eigenvalue weighted by molar-refractivity contribution is 0.0981. The van der Waals surface area contributed by atoms with E-state index in [1.807, 2.05) is 36.4 Å². The van der Waals surface area contributed by atoms with Gasteiger partial charge < -0.3 is 14.2 Å². The maximum atomic E-state index is 6.35. The van der Waals surface area contributed by atoms with Gasteiger partial charge in [0.05, 0.1) is 5.39 Å². The first-order valence-corrected chi connectivity index (χ1v) is 11.0. The second-order valence-corrected chi connectivity index (χ2v) is 8.65. The lowest BCUT2D eigenvalue weighted by atomic mass is 10.0. The number of nitrogens with zero attached hydrogens (tertiary/aromatic N) is 3. The molecule has 3 heterocycles. The van der Waals surface area contributed by atoms with Gasteiger partial charge in [-0.1, -0.05) is 17.3 Å². The van der Waals surface area contributed by atoms with Gasteiger partial charge in [-0.2, -0.15) is 0 Å². The van der Waals surface area contributed by atoms with Crippen molar-refractivity contribution in [2.45, 2.75) is 31.8 Å². The van der Waals surface area contributed by atoms with Gasteiger partial charge in [-0.15, -0.1) is 10.6 Å². The Kier molecular flexibility index (Phi) is 4.73. The van der Waals surface area contributed by atoms with Crippen molar-refractivity contribution in [2.75, 3.05) is 19.6 Å². The molecule has 0 spiro atoms. The van der Waals surface area contributed by atoms with Gasteiger partial charge in [-0.05, 0) is 61.9 Å². The van der Waals surface area contributed by atoms with Crippen molar-refractivity contribution < 1.29 is 9.26 Å². The SMILES string of the molecule is c1cc(OC2CCN(CC3CC3)CC2)cc(-c2onc3ccc(C4=NNNN4)cc23)c1. The summed E-state index contributed by atoms with van der Waals surface area (Å²) in [6.07, 6.45) is 5.28. The summed E-state index contributed by atoms with van der Waals surface area (Å²) in [4.78, 5) is 2.60. The van der Waals surface area contributed by atoms with Crippen LogP contribution in [0.2, 0.25) is 0 Å². The van der Waals surface area contributed by atoms with E-state index in [0.29, 0.717) is 0 Å². The van der Waals surface area contributed by atoms with Crippen LogP contribution in [0.4, 0.5) is 0 Å². The third-order valence-corrected chi connectivity index (χ3v) is 6.30. The minimum absolute atomic E-state index is 0.273. The second-order valence-electron chi connectivity index (χ2n) is 8.65. The van der Waals surface area contributed by atoms with Crippen LogP contribution in [0.1, 0.15) is 31.2 Å². The first-order chi connectivity index (χ1) is 15.3. The Morgan fingerprint density at radius 3 is 2.74 bits per heavy atom. The maximum absolute atomic E-state index is 6.35. The van der Waals surface area contributed by atoms with Crippen LogP contribution < -0.4 is 21.2 Å². The fraction of sp³-hybridized carbons (Fsp3) is 0.391. The molecule has 6 rings (SSSR count). The molecule has 8 nitrogen and oxygen atoms in total. The molecule has 1 aliphatic carbocycles. The first kappa shape index (κ1) is 18.7. The standard InChI is InChI=1S/C23H26N6O2/c1-2-16(12-19(3-1)30-18-8-10-29(11-9-18)14-15-4-5-15)22-20-13-17(23-24-27-28-25-23)6-7-21(20)26-31-22/h1-3,6-7,12-13,15,18,27-28H,4-5,8-11,14H2,(H,24,25). The molecule has 2 aromatic carbocycles. The number of hydrazone groups is 1.